The fourth-order valence-electron chi connectivity index (χ4n) is 2.70. The van der Waals surface area contributed by atoms with Gasteiger partial charge >= 0.3 is 0 Å². The molecule has 5 heteroatoms. The Hall–Kier alpha value is -2.59. The lowest BCUT2D eigenvalue weighted by Gasteiger charge is -2.04. The maximum absolute atomic E-state index is 12.5. The highest BCUT2D eigenvalue weighted by Crippen LogP contribution is 2.25. The van der Waals surface area contributed by atoms with Crippen LogP contribution < -0.4 is 5.32 Å². The summed E-state index contributed by atoms with van der Waals surface area (Å²) in [6.07, 6.45) is 2.32. The average molecular weight is 341 g/mol. The van der Waals surface area contributed by atoms with E-state index in [4.69, 9.17) is 11.6 Å². The molecule has 0 bridgehead atoms. The summed E-state index contributed by atoms with van der Waals surface area (Å²) >= 11 is 6.04. The Labute approximate surface area is 145 Å². The number of amides is 1. The largest absolute Gasteiger partial charge is 0.352 e. The third-order valence-corrected chi connectivity index (χ3v) is 4.13. The van der Waals surface area contributed by atoms with Crippen molar-refractivity contribution < 1.29 is 9.59 Å². The van der Waals surface area contributed by atoms with Gasteiger partial charge in [0.2, 0.25) is 5.91 Å². The molecule has 0 spiro atoms. The molecule has 122 valence electrons. The molecule has 0 saturated carbocycles. The molecule has 0 atom stereocenters. The summed E-state index contributed by atoms with van der Waals surface area (Å²) < 4.78 is 1.47. The third kappa shape index (κ3) is 3.34. The normalized spacial score (nSPS) is 10.8. The number of fused-ring (bicyclic) bond motifs is 1. The number of nitrogens with zero attached hydrogens (tertiary/aromatic N) is 1. The highest BCUT2D eigenvalue weighted by atomic mass is 35.5. The van der Waals surface area contributed by atoms with E-state index >= 15 is 0 Å². The Morgan fingerprint density at radius 2 is 1.88 bits per heavy atom. The molecule has 1 aromatic heterocycles. The maximum atomic E-state index is 12.5. The van der Waals surface area contributed by atoms with Crippen molar-refractivity contribution in [2.75, 3.05) is 6.54 Å². The van der Waals surface area contributed by atoms with Gasteiger partial charge in [-0.3, -0.25) is 14.2 Å². The fraction of sp³-hybridized carbons (Fsp3) is 0.158. The van der Waals surface area contributed by atoms with E-state index in [9.17, 15) is 9.59 Å². The van der Waals surface area contributed by atoms with E-state index in [1.165, 1.54) is 11.5 Å². The molecular weight excluding hydrogens is 324 g/mol. The zero-order chi connectivity index (χ0) is 17.1. The smallest absolute Gasteiger partial charge is 0.253 e. The van der Waals surface area contributed by atoms with E-state index in [2.05, 4.69) is 5.32 Å². The molecule has 0 aliphatic heterocycles. The molecule has 0 unspecified atom stereocenters. The van der Waals surface area contributed by atoms with Gasteiger partial charge in [0.05, 0.1) is 11.1 Å². The van der Waals surface area contributed by atoms with E-state index in [1.54, 1.807) is 24.4 Å². The lowest BCUT2D eigenvalue weighted by atomic mass is 10.1. The van der Waals surface area contributed by atoms with Crippen LogP contribution in [0.5, 0.6) is 0 Å². The van der Waals surface area contributed by atoms with E-state index < -0.39 is 0 Å². The van der Waals surface area contributed by atoms with Gasteiger partial charge < -0.3 is 5.32 Å². The van der Waals surface area contributed by atoms with Gasteiger partial charge in [-0.1, -0.05) is 41.9 Å². The van der Waals surface area contributed by atoms with Gasteiger partial charge in [0, 0.05) is 30.1 Å². The molecule has 0 fully saturated rings. The van der Waals surface area contributed by atoms with Gasteiger partial charge in [0.15, 0.2) is 0 Å². The summed E-state index contributed by atoms with van der Waals surface area (Å²) in [5.74, 6) is -0.358. The van der Waals surface area contributed by atoms with Gasteiger partial charge in [0.25, 0.3) is 5.91 Å². The van der Waals surface area contributed by atoms with Crippen LogP contribution in [0.2, 0.25) is 5.02 Å². The van der Waals surface area contributed by atoms with Crippen molar-refractivity contribution in [2.24, 2.45) is 0 Å². The van der Waals surface area contributed by atoms with Gasteiger partial charge in [-0.15, -0.1) is 0 Å². The molecule has 4 nitrogen and oxygen atoms in total. The molecule has 1 N–H and O–H groups in total. The Morgan fingerprint density at radius 1 is 1.12 bits per heavy atom. The lowest BCUT2D eigenvalue weighted by Crippen LogP contribution is -2.25. The zero-order valence-electron chi connectivity index (χ0n) is 13.3. The van der Waals surface area contributed by atoms with Crippen LogP contribution in [0.1, 0.15) is 27.6 Å². The van der Waals surface area contributed by atoms with Crippen molar-refractivity contribution in [3.8, 4) is 0 Å². The van der Waals surface area contributed by atoms with Gasteiger partial charge in [-0.2, -0.15) is 0 Å². The number of nitrogens with one attached hydrogen (secondary N) is 1. The molecule has 3 aromatic rings. The summed E-state index contributed by atoms with van der Waals surface area (Å²) in [5, 5.41) is 4.11. The Bertz CT molecular complexity index is 900. The molecule has 1 heterocycles. The Kier molecular flexibility index (Phi) is 4.67. The minimum atomic E-state index is -0.210. The minimum absolute atomic E-state index is 0.148. The molecule has 0 saturated heterocycles. The molecule has 3 rings (SSSR count). The van der Waals surface area contributed by atoms with Crippen molar-refractivity contribution in [1.82, 2.24) is 9.88 Å². The second kappa shape index (κ2) is 6.89. The summed E-state index contributed by atoms with van der Waals surface area (Å²) in [6, 6.07) is 15.1. The minimum Gasteiger partial charge on any atom is -0.352 e. The monoisotopic (exact) mass is 340 g/mol. The van der Waals surface area contributed by atoms with E-state index in [1.807, 2.05) is 30.3 Å². The van der Waals surface area contributed by atoms with Crippen molar-refractivity contribution >= 4 is 34.3 Å². The molecule has 0 radical (unpaired) electrons. The first-order valence-corrected chi connectivity index (χ1v) is 8.08. The zero-order valence-corrected chi connectivity index (χ0v) is 14.0. The Balaban J connectivity index is 1.81. The molecular formula is C19H17ClN2O2. The number of hydrogen-bond donors (Lipinski definition) is 1. The van der Waals surface area contributed by atoms with E-state index in [0.717, 1.165) is 12.0 Å². The summed E-state index contributed by atoms with van der Waals surface area (Å²) in [4.78, 5) is 24.3. The van der Waals surface area contributed by atoms with Gasteiger partial charge in [-0.05, 0) is 30.2 Å². The van der Waals surface area contributed by atoms with Crippen molar-refractivity contribution in [1.29, 1.82) is 0 Å². The molecule has 24 heavy (non-hydrogen) atoms. The summed E-state index contributed by atoms with van der Waals surface area (Å²) in [7, 11) is 0. The first-order chi connectivity index (χ1) is 11.6. The second-order valence-corrected chi connectivity index (χ2v) is 6.02. The number of halogens is 1. The van der Waals surface area contributed by atoms with Gasteiger partial charge in [-0.25, -0.2) is 0 Å². The highest BCUT2D eigenvalue weighted by Gasteiger charge is 2.16. The first kappa shape index (κ1) is 16.3. The number of benzene rings is 2. The van der Waals surface area contributed by atoms with Gasteiger partial charge in [0.1, 0.15) is 0 Å². The molecule has 1 amide bonds. The summed E-state index contributed by atoms with van der Waals surface area (Å²) in [6.45, 7) is 1.99. The predicted molar refractivity (Wildman–Crippen MR) is 95.7 cm³/mol. The highest BCUT2D eigenvalue weighted by molar-refractivity contribution is 6.31. The van der Waals surface area contributed by atoms with Crippen molar-refractivity contribution in [3.63, 3.8) is 0 Å². The number of hydrogen-bond acceptors (Lipinski definition) is 2. The molecule has 2 aromatic carbocycles. The SMILES string of the molecule is CC(=O)n1cc(C(=O)NCCc2ccccc2)c2cc(Cl)ccc21. The Morgan fingerprint density at radius 3 is 2.58 bits per heavy atom. The van der Waals surface area contributed by atoms with Crippen molar-refractivity contribution in [2.45, 2.75) is 13.3 Å². The number of rotatable bonds is 4. The van der Waals surface area contributed by atoms with Crippen LogP contribution in [0.3, 0.4) is 0 Å². The topological polar surface area (TPSA) is 51.1 Å². The summed E-state index contributed by atoms with van der Waals surface area (Å²) in [5.41, 5.74) is 2.29. The molecule has 0 aliphatic carbocycles. The third-order valence-electron chi connectivity index (χ3n) is 3.89. The van der Waals surface area contributed by atoms with Crippen LogP contribution in [0, 0.1) is 0 Å². The van der Waals surface area contributed by atoms with Crippen LogP contribution in [0.15, 0.2) is 54.7 Å². The first-order valence-electron chi connectivity index (χ1n) is 7.70. The second-order valence-electron chi connectivity index (χ2n) is 5.58. The van der Waals surface area contributed by atoms with Crippen LogP contribution in [-0.2, 0) is 6.42 Å². The van der Waals surface area contributed by atoms with Crippen molar-refractivity contribution in [3.05, 3.63) is 70.9 Å². The molecule has 0 aliphatic rings. The maximum Gasteiger partial charge on any atom is 0.253 e. The van der Waals surface area contributed by atoms with Crippen LogP contribution in [0.4, 0.5) is 0 Å². The number of aromatic nitrogens is 1. The van der Waals surface area contributed by atoms with Crippen LogP contribution >= 0.6 is 11.6 Å². The standard InChI is InChI=1S/C19H17ClN2O2/c1-13(23)22-12-17(16-11-15(20)7-8-18(16)22)19(24)21-10-9-14-5-3-2-4-6-14/h2-8,11-12H,9-10H2,1H3,(H,21,24). The average Bonchev–Trinajstić information content (AvgIpc) is 2.94. The fourth-order valence-corrected chi connectivity index (χ4v) is 2.88. The predicted octanol–water partition coefficient (Wildman–Crippen LogP) is 3.93. The van der Waals surface area contributed by atoms with E-state index in [-0.39, 0.29) is 11.8 Å². The lowest BCUT2D eigenvalue weighted by molar-refractivity contribution is 0.0941. The quantitative estimate of drug-likeness (QED) is 0.782. The van der Waals surface area contributed by atoms with Crippen LogP contribution in [0.25, 0.3) is 10.9 Å². The van der Waals surface area contributed by atoms with E-state index in [0.29, 0.717) is 28.0 Å². The number of carbonyl (C=O) groups excluding carboxylic acids is 2. The van der Waals surface area contributed by atoms with Crippen LogP contribution in [-0.4, -0.2) is 22.9 Å². The number of carbonyl (C=O) groups is 2.